The lowest BCUT2D eigenvalue weighted by atomic mass is 10.2. The van der Waals surface area contributed by atoms with E-state index in [1.54, 1.807) is 0 Å². The normalized spacial score (nSPS) is 12.8. The molecule has 0 radical (unpaired) electrons. The van der Waals surface area contributed by atoms with E-state index in [1.807, 2.05) is 37.3 Å². The molecule has 1 aromatic heterocycles. The Labute approximate surface area is 128 Å². The molecule has 0 atom stereocenters. The molecule has 0 saturated carbocycles. The van der Waals surface area contributed by atoms with Gasteiger partial charge in [-0.05, 0) is 43.4 Å². The Hall–Kier alpha value is -2.21. The minimum atomic E-state index is 0.528. The maximum atomic E-state index is 5.53. The van der Waals surface area contributed by atoms with Gasteiger partial charge in [0.2, 0.25) is 0 Å². The Morgan fingerprint density at radius 3 is 2.71 bits per heavy atom. The van der Waals surface area contributed by atoms with Gasteiger partial charge in [-0.2, -0.15) is 0 Å². The molecule has 6 heteroatoms. The van der Waals surface area contributed by atoms with E-state index in [9.17, 15) is 0 Å². The van der Waals surface area contributed by atoms with Crippen molar-refractivity contribution in [1.82, 2.24) is 5.32 Å². The molecule has 0 amide bonds. The summed E-state index contributed by atoms with van der Waals surface area (Å²) in [4.78, 5) is 0. The van der Waals surface area contributed by atoms with Gasteiger partial charge in [0, 0.05) is 11.8 Å². The van der Waals surface area contributed by atoms with Gasteiger partial charge in [0.05, 0.1) is 6.54 Å². The summed E-state index contributed by atoms with van der Waals surface area (Å²) in [6.45, 7) is 3.61. The number of hydrogen-bond donors (Lipinski definition) is 2. The first kappa shape index (κ1) is 13.8. The second kappa shape index (κ2) is 6.05. The summed E-state index contributed by atoms with van der Waals surface area (Å²) in [5, 5.41) is 6.74. The van der Waals surface area contributed by atoms with Gasteiger partial charge in [-0.25, -0.2) is 0 Å². The number of aryl methyl sites for hydroxylation is 1. The largest absolute Gasteiger partial charge is 0.486 e. The summed E-state index contributed by atoms with van der Waals surface area (Å²) in [6, 6.07) is 9.50. The van der Waals surface area contributed by atoms with Crippen LogP contribution in [0.15, 0.2) is 34.7 Å². The molecule has 5 nitrogen and oxygen atoms in total. The zero-order valence-electron chi connectivity index (χ0n) is 11.6. The first-order chi connectivity index (χ1) is 10.2. The lowest BCUT2D eigenvalue weighted by Crippen LogP contribution is -2.27. The second-order valence-corrected chi connectivity index (χ2v) is 5.09. The van der Waals surface area contributed by atoms with Gasteiger partial charge in [0.15, 0.2) is 16.6 Å². The van der Waals surface area contributed by atoms with Crippen molar-refractivity contribution in [1.29, 1.82) is 0 Å². The molecule has 2 N–H and O–H groups in total. The highest BCUT2D eigenvalue weighted by Crippen LogP contribution is 2.32. The van der Waals surface area contributed by atoms with Crippen LogP contribution in [0.2, 0.25) is 0 Å². The van der Waals surface area contributed by atoms with Crippen LogP contribution in [0.5, 0.6) is 11.5 Å². The van der Waals surface area contributed by atoms with E-state index in [0.717, 1.165) is 28.7 Å². The Kier molecular flexibility index (Phi) is 3.96. The maximum absolute atomic E-state index is 5.53. The fraction of sp³-hybridized carbons (Fsp3) is 0.267. The topological polar surface area (TPSA) is 55.7 Å². The molecule has 0 aliphatic carbocycles. The Morgan fingerprint density at radius 1 is 1.14 bits per heavy atom. The third-order valence-corrected chi connectivity index (χ3v) is 3.27. The first-order valence-electron chi connectivity index (χ1n) is 6.70. The molecule has 21 heavy (non-hydrogen) atoms. The molecule has 2 aromatic rings. The summed E-state index contributed by atoms with van der Waals surface area (Å²) in [5.41, 5.74) is 0.854. The van der Waals surface area contributed by atoms with Crippen LogP contribution < -0.4 is 20.1 Å². The molecule has 1 aromatic carbocycles. The van der Waals surface area contributed by atoms with E-state index < -0.39 is 0 Å². The predicted octanol–water partition coefficient (Wildman–Crippen LogP) is 2.85. The predicted molar refractivity (Wildman–Crippen MR) is 83.9 cm³/mol. The van der Waals surface area contributed by atoms with Gasteiger partial charge >= 0.3 is 0 Å². The SMILES string of the molecule is Cc1ccc(CNC(=S)Nc2ccc3c(c2)OCCO3)o1. The van der Waals surface area contributed by atoms with Crippen molar-refractivity contribution in [2.75, 3.05) is 18.5 Å². The van der Waals surface area contributed by atoms with Crippen molar-refractivity contribution in [2.24, 2.45) is 0 Å². The molecular formula is C15H16N2O3S. The summed E-state index contributed by atoms with van der Waals surface area (Å²) >= 11 is 5.26. The highest BCUT2D eigenvalue weighted by molar-refractivity contribution is 7.80. The average Bonchev–Trinajstić information content (AvgIpc) is 2.91. The lowest BCUT2D eigenvalue weighted by molar-refractivity contribution is 0.171. The fourth-order valence-electron chi connectivity index (χ4n) is 2.04. The van der Waals surface area contributed by atoms with E-state index in [0.29, 0.717) is 24.9 Å². The quantitative estimate of drug-likeness (QED) is 0.851. The summed E-state index contributed by atoms with van der Waals surface area (Å²) < 4.78 is 16.5. The van der Waals surface area contributed by atoms with Crippen molar-refractivity contribution >= 4 is 23.0 Å². The second-order valence-electron chi connectivity index (χ2n) is 4.68. The van der Waals surface area contributed by atoms with Gasteiger partial charge in [-0.15, -0.1) is 0 Å². The Bertz CT molecular complexity index is 654. The molecule has 0 bridgehead atoms. The van der Waals surface area contributed by atoms with Gasteiger partial charge in [0.25, 0.3) is 0 Å². The van der Waals surface area contributed by atoms with Crippen LogP contribution in [0, 0.1) is 6.92 Å². The molecular weight excluding hydrogens is 288 g/mol. The highest BCUT2D eigenvalue weighted by Gasteiger charge is 2.12. The summed E-state index contributed by atoms with van der Waals surface area (Å²) in [6.07, 6.45) is 0. The third-order valence-electron chi connectivity index (χ3n) is 3.02. The molecule has 0 spiro atoms. The van der Waals surface area contributed by atoms with E-state index in [-0.39, 0.29) is 0 Å². The number of ether oxygens (including phenoxy) is 2. The van der Waals surface area contributed by atoms with Crippen LogP contribution in [0.3, 0.4) is 0 Å². The van der Waals surface area contributed by atoms with Crippen molar-refractivity contribution in [3.8, 4) is 11.5 Å². The maximum Gasteiger partial charge on any atom is 0.171 e. The Balaban J connectivity index is 1.57. The Morgan fingerprint density at radius 2 is 1.95 bits per heavy atom. The van der Waals surface area contributed by atoms with Gasteiger partial charge in [-0.3, -0.25) is 0 Å². The zero-order chi connectivity index (χ0) is 14.7. The number of fused-ring (bicyclic) bond motifs is 1. The molecule has 0 saturated heterocycles. The summed E-state index contributed by atoms with van der Waals surface area (Å²) in [5.74, 6) is 3.23. The van der Waals surface area contributed by atoms with Crippen molar-refractivity contribution in [3.63, 3.8) is 0 Å². The van der Waals surface area contributed by atoms with E-state index in [2.05, 4.69) is 10.6 Å². The standard InChI is InChI=1S/C15H16N2O3S/c1-10-2-4-12(20-10)9-16-15(21)17-11-3-5-13-14(8-11)19-7-6-18-13/h2-5,8H,6-7,9H2,1H3,(H2,16,17,21). The van der Waals surface area contributed by atoms with E-state index in [1.165, 1.54) is 0 Å². The van der Waals surface area contributed by atoms with Crippen LogP contribution in [0.1, 0.15) is 11.5 Å². The van der Waals surface area contributed by atoms with Crippen LogP contribution in [0.25, 0.3) is 0 Å². The van der Waals surface area contributed by atoms with Crippen LogP contribution in [-0.4, -0.2) is 18.3 Å². The van der Waals surface area contributed by atoms with Crippen molar-refractivity contribution < 1.29 is 13.9 Å². The number of thiocarbonyl (C=S) groups is 1. The highest BCUT2D eigenvalue weighted by atomic mass is 32.1. The van der Waals surface area contributed by atoms with Crippen molar-refractivity contribution in [2.45, 2.75) is 13.5 Å². The number of furan rings is 1. The van der Waals surface area contributed by atoms with Gasteiger partial charge in [0.1, 0.15) is 24.7 Å². The molecule has 0 unspecified atom stereocenters. The average molecular weight is 304 g/mol. The summed E-state index contributed by atoms with van der Waals surface area (Å²) in [7, 11) is 0. The minimum absolute atomic E-state index is 0.528. The molecule has 1 aliphatic heterocycles. The number of anilines is 1. The lowest BCUT2D eigenvalue weighted by Gasteiger charge is -2.19. The van der Waals surface area contributed by atoms with Crippen LogP contribution in [0.4, 0.5) is 5.69 Å². The molecule has 0 fully saturated rings. The van der Waals surface area contributed by atoms with Gasteiger partial charge in [-0.1, -0.05) is 0 Å². The number of rotatable bonds is 3. The molecule has 3 rings (SSSR count). The van der Waals surface area contributed by atoms with Crippen LogP contribution >= 0.6 is 12.2 Å². The van der Waals surface area contributed by atoms with Crippen molar-refractivity contribution in [3.05, 3.63) is 41.9 Å². The van der Waals surface area contributed by atoms with Crippen LogP contribution in [-0.2, 0) is 6.54 Å². The monoisotopic (exact) mass is 304 g/mol. The van der Waals surface area contributed by atoms with Gasteiger partial charge < -0.3 is 24.5 Å². The third kappa shape index (κ3) is 3.46. The zero-order valence-corrected chi connectivity index (χ0v) is 12.5. The molecule has 2 heterocycles. The van der Waals surface area contributed by atoms with E-state index >= 15 is 0 Å². The molecule has 110 valence electrons. The first-order valence-corrected chi connectivity index (χ1v) is 7.11. The minimum Gasteiger partial charge on any atom is -0.486 e. The van der Waals surface area contributed by atoms with E-state index in [4.69, 9.17) is 26.1 Å². The number of nitrogens with one attached hydrogen (secondary N) is 2. The smallest absolute Gasteiger partial charge is 0.171 e. The fourth-order valence-corrected chi connectivity index (χ4v) is 2.23. The number of benzene rings is 1. The number of hydrogen-bond acceptors (Lipinski definition) is 4. The molecule has 1 aliphatic rings.